The van der Waals surface area contributed by atoms with Crippen LogP contribution in [0.3, 0.4) is 0 Å². The fourth-order valence-corrected chi connectivity index (χ4v) is 3.30. The van der Waals surface area contributed by atoms with Gasteiger partial charge >= 0.3 is 6.03 Å². The Kier molecular flexibility index (Phi) is 4.87. The van der Waals surface area contributed by atoms with Crippen LogP contribution in [0.15, 0.2) is 54.7 Å². The highest BCUT2D eigenvalue weighted by molar-refractivity contribution is 5.79. The van der Waals surface area contributed by atoms with Gasteiger partial charge in [0, 0.05) is 38.4 Å². The number of aromatic nitrogens is 1. The number of hydrogen-bond acceptors (Lipinski definition) is 3. The van der Waals surface area contributed by atoms with E-state index >= 15 is 0 Å². The molecule has 2 heterocycles. The molecule has 3 aromatic rings. The number of carbonyl (C=O) groups excluding carboxylic acids is 1. The lowest BCUT2D eigenvalue weighted by Gasteiger charge is -2.18. The third-order valence-electron chi connectivity index (χ3n) is 4.74. The molecule has 0 fully saturated rings. The van der Waals surface area contributed by atoms with Crippen LogP contribution >= 0.6 is 0 Å². The second-order valence-corrected chi connectivity index (χ2v) is 6.70. The van der Waals surface area contributed by atoms with E-state index in [9.17, 15) is 4.79 Å². The van der Waals surface area contributed by atoms with Gasteiger partial charge in [-0.15, -0.1) is 0 Å². The number of carbonyl (C=O) groups is 1. The summed E-state index contributed by atoms with van der Waals surface area (Å²) in [4.78, 5) is 14.0. The standard InChI is InChI=1S/C21H23N3O3/c1-23(14-16-7-8-19-20(13-16)27-15-26-19)21(25)22-10-4-11-24-12-9-17-5-2-3-6-18(17)24/h2-3,5-9,12-13H,4,10-11,14-15H2,1H3,(H,22,25). The summed E-state index contributed by atoms with van der Waals surface area (Å²) >= 11 is 0. The van der Waals surface area contributed by atoms with Crippen molar-refractivity contribution in [1.82, 2.24) is 14.8 Å². The molecule has 1 aliphatic heterocycles. The molecular formula is C21H23N3O3. The molecule has 6 nitrogen and oxygen atoms in total. The number of fused-ring (bicyclic) bond motifs is 2. The number of rotatable bonds is 6. The second kappa shape index (κ2) is 7.61. The van der Waals surface area contributed by atoms with Crippen LogP contribution in [0.25, 0.3) is 10.9 Å². The molecule has 1 N–H and O–H groups in total. The molecule has 0 bridgehead atoms. The van der Waals surface area contributed by atoms with Crippen LogP contribution in [0.1, 0.15) is 12.0 Å². The predicted octanol–water partition coefficient (Wildman–Crippen LogP) is 3.60. The van der Waals surface area contributed by atoms with Gasteiger partial charge in [0.15, 0.2) is 11.5 Å². The van der Waals surface area contributed by atoms with E-state index in [-0.39, 0.29) is 12.8 Å². The summed E-state index contributed by atoms with van der Waals surface area (Å²) in [6.45, 7) is 2.28. The van der Waals surface area contributed by atoms with E-state index in [4.69, 9.17) is 9.47 Å². The smallest absolute Gasteiger partial charge is 0.317 e. The lowest BCUT2D eigenvalue weighted by atomic mass is 10.2. The van der Waals surface area contributed by atoms with Gasteiger partial charge in [-0.05, 0) is 41.6 Å². The maximum absolute atomic E-state index is 12.3. The summed E-state index contributed by atoms with van der Waals surface area (Å²) in [6.07, 6.45) is 2.97. The van der Waals surface area contributed by atoms with Crippen LogP contribution < -0.4 is 14.8 Å². The fraction of sp³-hybridized carbons (Fsp3) is 0.286. The first-order valence-electron chi connectivity index (χ1n) is 9.12. The molecule has 2 amide bonds. The Morgan fingerprint density at radius 3 is 2.93 bits per heavy atom. The van der Waals surface area contributed by atoms with Crippen LogP contribution in [0.5, 0.6) is 11.5 Å². The monoisotopic (exact) mass is 365 g/mol. The Hall–Kier alpha value is -3.15. The number of urea groups is 1. The van der Waals surface area contributed by atoms with Crippen molar-refractivity contribution in [3.8, 4) is 11.5 Å². The maximum Gasteiger partial charge on any atom is 0.317 e. The highest BCUT2D eigenvalue weighted by Crippen LogP contribution is 2.32. The number of hydrogen-bond donors (Lipinski definition) is 1. The van der Waals surface area contributed by atoms with Crippen LogP contribution in [-0.4, -0.2) is 35.9 Å². The van der Waals surface area contributed by atoms with E-state index in [1.54, 1.807) is 11.9 Å². The molecule has 0 radical (unpaired) electrons. The number of amides is 2. The van der Waals surface area contributed by atoms with Crippen molar-refractivity contribution in [3.63, 3.8) is 0 Å². The highest BCUT2D eigenvalue weighted by Gasteiger charge is 2.15. The first-order valence-corrected chi connectivity index (χ1v) is 9.12. The number of ether oxygens (including phenoxy) is 2. The first kappa shape index (κ1) is 17.3. The molecule has 140 valence electrons. The van der Waals surface area contributed by atoms with Gasteiger partial charge in [0.25, 0.3) is 0 Å². The molecule has 0 spiro atoms. The van der Waals surface area contributed by atoms with Crippen molar-refractivity contribution in [2.24, 2.45) is 0 Å². The Balaban J connectivity index is 1.24. The molecule has 1 aliphatic rings. The van der Waals surface area contributed by atoms with E-state index < -0.39 is 0 Å². The van der Waals surface area contributed by atoms with Crippen LogP contribution in [0.4, 0.5) is 4.79 Å². The van der Waals surface area contributed by atoms with Gasteiger partial charge < -0.3 is 24.3 Å². The summed E-state index contributed by atoms with van der Waals surface area (Å²) < 4.78 is 12.9. The Morgan fingerprint density at radius 1 is 1.15 bits per heavy atom. The number of benzene rings is 2. The zero-order valence-electron chi connectivity index (χ0n) is 15.4. The zero-order valence-corrected chi connectivity index (χ0v) is 15.4. The van der Waals surface area contributed by atoms with Crippen molar-refractivity contribution in [3.05, 3.63) is 60.3 Å². The Morgan fingerprint density at radius 2 is 2.00 bits per heavy atom. The SMILES string of the molecule is CN(Cc1ccc2c(c1)OCO2)C(=O)NCCCn1ccc2ccccc21. The number of nitrogens with one attached hydrogen (secondary N) is 1. The van der Waals surface area contributed by atoms with Crippen molar-refractivity contribution >= 4 is 16.9 Å². The molecule has 0 saturated carbocycles. The van der Waals surface area contributed by atoms with Crippen LogP contribution in [0, 0.1) is 0 Å². The molecule has 0 aliphatic carbocycles. The fourth-order valence-electron chi connectivity index (χ4n) is 3.30. The highest BCUT2D eigenvalue weighted by atomic mass is 16.7. The van der Waals surface area contributed by atoms with Crippen molar-refractivity contribution in [1.29, 1.82) is 0 Å². The third-order valence-corrected chi connectivity index (χ3v) is 4.74. The van der Waals surface area contributed by atoms with Crippen molar-refractivity contribution in [2.45, 2.75) is 19.5 Å². The van der Waals surface area contributed by atoms with E-state index in [1.165, 1.54) is 10.9 Å². The minimum absolute atomic E-state index is 0.0787. The first-order chi connectivity index (χ1) is 13.2. The van der Waals surface area contributed by atoms with Crippen LogP contribution in [-0.2, 0) is 13.1 Å². The summed E-state index contributed by atoms with van der Waals surface area (Å²) in [6, 6.07) is 16.1. The van der Waals surface area contributed by atoms with Crippen LogP contribution in [0.2, 0.25) is 0 Å². The molecular weight excluding hydrogens is 342 g/mol. The zero-order chi connectivity index (χ0) is 18.6. The summed E-state index contributed by atoms with van der Waals surface area (Å²) in [5, 5.41) is 4.22. The lowest BCUT2D eigenvalue weighted by molar-refractivity contribution is 0.174. The van der Waals surface area contributed by atoms with Crippen molar-refractivity contribution < 1.29 is 14.3 Å². The summed E-state index contributed by atoms with van der Waals surface area (Å²) in [5.41, 5.74) is 2.24. The Labute approximate surface area is 158 Å². The van der Waals surface area contributed by atoms with E-state index in [1.807, 2.05) is 30.3 Å². The summed E-state index contributed by atoms with van der Waals surface area (Å²) in [5.74, 6) is 1.49. The molecule has 0 atom stereocenters. The second-order valence-electron chi connectivity index (χ2n) is 6.70. The van der Waals surface area contributed by atoms with Gasteiger partial charge in [0.05, 0.1) is 0 Å². The number of nitrogens with zero attached hydrogens (tertiary/aromatic N) is 2. The minimum atomic E-state index is -0.0787. The normalized spacial score (nSPS) is 12.3. The Bertz CT molecular complexity index is 951. The van der Waals surface area contributed by atoms with E-state index in [0.29, 0.717) is 13.1 Å². The van der Waals surface area contributed by atoms with Gasteiger partial charge in [-0.25, -0.2) is 4.79 Å². The molecule has 2 aromatic carbocycles. The average molecular weight is 365 g/mol. The maximum atomic E-state index is 12.3. The summed E-state index contributed by atoms with van der Waals surface area (Å²) in [7, 11) is 1.79. The van der Waals surface area contributed by atoms with Gasteiger partial charge in [0.2, 0.25) is 6.79 Å². The largest absolute Gasteiger partial charge is 0.454 e. The number of aryl methyl sites for hydroxylation is 1. The van der Waals surface area contributed by atoms with Crippen molar-refractivity contribution in [2.75, 3.05) is 20.4 Å². The molecule has 27 heavy (non-hydrogen) atoms. The molecule has 0 unspecified atom stereocenters. The minimum Gasteiger partial charge on any atom is -0.454 e. The van der Waals surface area contributed by atoms with Gasteiger partial charge in [-0.1, -0.05) is 24.3 Å². The quantitative estimate of drug-likeness (QED) is 0.679. The molecule has 1 aromatic heterocycles. The van der Waals surface area contributed by atoms with Gasteiger partial charge in [-0.3, -0.25) is 0 Å². The lowest BCUT2D eigenvalue weighted by Crippen LogP contribution is -2.37. The van der Waals surface area contributed by atoms with Gasteiger partial charge in [0.1, 0.15) is 0 Å². The predicted molar refractivity (Wildman–Crippen MR) is 104 cm³/mol. The van der Waals surface area contributed by atoms with Gasteiger partial charge in [-0.2, -0.15) is 0 Å². The number of para-hydroxylation sites is 1. The average Bonchev–Trinajstić information content (AvgIpc) is 3.31. The molecule has 6 heteroatoms. The van der Waals surface area contributed by atoms with E-state index in [0.717, 1.165) is 30.0 Å². The van der Waals surface area contributed by atoms with E-state index in [2.05, 4.69) is 34.3 Å². The molecule has 0 saturated heterocycles. The molecule has 4 rings (SSSR count). The third kappa shape index (κ3) is 3.84. The topological polar surface area (TPSA) is 55.7 Å².